The molecule has 1 aromatic rings. The summed E-state index contributed by atoms with van der Waals surface area (Å²) in [5, 5.41) is 8.06. The molecule has 1 aromatic heterocycles. The van der Waals surface area contributed by atoms with Crippen molar-refractivity contribution in [1.29, 1.82) is 0 Å². The van der Waals surface area contributed by atoms with Gasteiger partial charge in [0.15, 0.2) is 0 Å². The molecule has 0 aromatic carbocycles. The average Bonchev–Trinajstić information content (AvgIpc) is 2.79. The van der Waals surface area contributed by atoms with Crippen LogP contribution in [0.3, 0.4) is 0 Å². The second-order valence-electron chi connectivity index (χ2n) is 4.71. The zero-order valence-electron chi connectivity index (χ0n) is 10.3. The Kier molecular flexibility index (Phi) is 4.38. The Morgan fingerprint density at radius 3 is 3.06 bits per heavy atom. The SMILES string of the molecule is CCN1CCC(NCc2ccsc2)CC1C. The van der Waals surface area contributed by atoms with Gasteiger partial charge in [-0.15, -0.1) is 0 Å². The zero-order chi connectivity index (χ0) is 11.4. The van der Waals surface area contributed by atoms with Crippen molar-refractivity contribution < 1.29 is 0 Å². The van der Waals surface area contributed by atoms with Gasteiger partial charge in [-0.2, -0.15) is 11.3 Å². The predicted octanol–water partition coefficient (Wildman–Crippen LogP) is 2.71. The third-order valence-corrected chi connectivity index (χ3v) is 4.33. The molecule has 2 unspecified atom stereocenters. The van der Waals surface area contributed by atoms with Crippen LogP contribution in [0.25, 0.3) is 0 Å². The standard InChI is InChI=1S/C13H22N2S/c1-3-15-6-4-13(8-11(15)2)14-9-12-5-7-16-10-12/h5,7,10-11,13-14H,3-4,6,8-9H2,1-2H3. The van der Waals surface area contributed by atoms with Gasteiger partial charge < -0.3 is 10.2 Å². The number of likely N-dealkylation sites (tertiary alicyclic amines) is 1. The number of hydrogen-bond acceptors (Lipinski definition) is 3. The van der Waals surface area contributed by atoms with Crippen molar-refractivity contribution in [3.63, 3.8) is 0 Å². The summed E-state index contributed by atoms with van der Waals surface area (Å²) in [6.45, 7) is 8.09. The summed E-state index contributed by atoms with van der Waals surface area (Å²) in [6, 6.07) is 3.65. The lowest BCUT2D eigenvalue weighted by Crippen LogP contribution is -2.46. The fraction of sp³-hybridized carbons (Fsp3) is 0.692. The highest BCUT2D eigenvalue weighted by atomic mass is 32.1. The lowest BCUT2D eigenvalue weighted by Gasteiger charge is -2.37. The Hall–Kier alpha value is -0.380. The highest BCUT2D eigenvalue weighted by molar-refractivity contribution is 7.07. The summed E-state index contributed by atoms with van der Waals surface area (Å²) < 4.78 is 0. The predicted molar refractivity (Wildman–Crippen MR) is 70.9 cm³/mol. The summed E-state index contributed by atoms with van der Waals surface area (Å²) in [5.74, 6) is 0. The molecular weight excluding hydrogens is 216 g/mol. The van der Waals surface area contributed by atoms with Crippen molar-refractivity contribution in [2.24, 2.45) is 0 Å². The number of rotatable bonds is 4. The Labute approximate surface area is 103 Å². The van der Waals surface area contributed by atoms with Crippen LogP contribution in [0.1, 0.15) is 32.3 Å². The van der Waals surface area contributed by atoms with Gasteiger partial charge in [0.1, 0.15) is 0 Å². The summed E-state index contributed by atoms with van der Waals surface area (Å²) in [7, 11) is 0. The Morgan fingerprint density at radius 2 is 2.44 bits per heavy atom. The normalized spacial score (nSPS) is 27.1. The number of nitrogens with one attached hydrogen (secondary N) is 1. The minimum Gasteiger partial charge on any atom is -0.310 e. The highest BCUT2D eigenvalue weighted by Gasteiger charge is 2.23. The fourth-order valence-corrected chi connectivity index (χ4v) is 3.20. The van der Waals surface area contributed by atoms with Crippen LogP contribution in [-0.2, 0) is 6.54 Å². The van der Waals surface area contributed by atoms with E-state index in [0.717, 1.165) is 12.6 Å². The molecule has 0 spiro atoms. The molecule has 3 heteroatoms. The quantitative estimate of drug-likeness (QED) is 0.867. The number of thiophene rings is 1. The number of hydrogen-bond donors (Lipinski definition) is 1. The van der Waals surface area contributed by atoms with Gasteiger partial charge in [-0.05, 0) is 55.2 Å². The first-order valence-electron chi connectivity index (χ1n) is 6.28. The lowest BCUT2D eigenvalue weighted by molar-refractivity contribution is 0.142. The van der Waals surface area contributed by atoms with Crippen LogP contribution in [0.5, 0.6) is 0 Å². The second-order valence-corrected chi connectivity index (χ2v) is 5.49. The first-order chi connectivity index (χ1) is 7.79. The molecule has 0 aliphatic carbocycles. The minimum atomic E-state index is 0.706. The molecule has 1 fully saturated rings. The molecule has 0 amide bonds. The smallest absolute Gasteiger partial charge is 0.0216 e. The first kappa shape index (κ1) is 12.1. The summed E-state index contributed by atoms with van der Waals surface area (Å²) in [6.07, 6.45) is 2.58. The van der Waals surface area contributed by atoms with Crippen LogP contribution in [0.15, 0.2) is 16.8 Å². The van der Waals surface area contributed by atoms with Crippen molar-refractivity contribution in [1.82, 2.24) is 10.2 Å². The van der Waals surface area contributed by atoms with Gasteiger partial charge in [0.05, 0.1) is 0 Å². The minimum absolute atomic E-state index is 0.706. The average molecular weight is 238 g/mol. The van der Waals surface area contributed by atoms with Gasteiger partial charge in [0.25, 0.3) is 0 Å². The molecule has 1 N–H and O–H groups in total. The van der Waals surface area contributed by atoms with Gasteiger partial charge in [-0.25, -0.2) is 0 Å². The van der Waals surface area contributed by atoms with Crippen LogP contribution < -0.4 is 5.32 Å². The molecule has 2 atom stereocenters. The van der Waals surface area contributed by atoms with Crippen molar-refractivity contribution in [3.8, 4) is 0 Å². The van der Waals surface area contributed by atoms with Crippen molar-refractivity contribution >= 4 is 11.3 Å². The van der Waals surface area contributed by atoms with Gasteiger partial charge >= 0.3 is 0 Å². The van der Waals surface area contributed by atoms with E-state index >= 15 is 0 Å². The third kappa shape index (κ3) is 3.06. The molecule has 0 saturated carbocycles. The topological polar surface area (TPSA) is 15.3 Å². The van der Waals surface area contributed by atoms with Crippen LogP contribution in [0.2, 0.25) is 0 Å². The maximum absolute atomic E-state index is 3.68. The van der Waals surface area contributed by atoms with E-state index in [4.69, 9.17) is 0 Å². The van der Waals surface area contributed by atoms with E-state index in [1.54, 1.807) is 11.3 Å². The van der Waals surface area contributed by atoms with E-state index in [1.165, 1.54) is 31.5 Å². The lowest BCUT2D eigenvalue weighted by atomic mass is 9.98. The molecule has 0 radical (unpaired) electrons. The maximum Gasteiger partial charge on any atom is 0.0216 e. The van der Waals surface area contributed by atoms with Gasteiger partial charge in [0, 0.05) is 18.6 Å². The zero-order valence-corrected chi connectivity index (χ0v) is 11.1. The van der Waals surface area contributed by atoms with E-state index in [1.807, 2.05) is 0 Å². The Bertz CT molecular complexity index is 297. The molecule has 2 heterocycles. The Balaban J connectivity index is 1.75. The molecule has 0 bridgehead atoms. The van der Waals surface area contributed by atoms with E-state index < -0.39 is 0 Å². The molecular formula is C13H22N2S. The maximum atomic E-state index is 3.68. The Morgan fingerprint density at radius 1 is 1.56 bits per heavy atom. The molecule has 1 aliphatic heterocycles. The summed E-state index contributed by atoms with van der Waals surface area (Å²) >= 11 is 1.78. The van der Waals surface area contributed by atoms with Crippen molar-refractivity contribution in [3.05, 3.63) is 22.4 Å². The number of piperidine rings is 1. The fourth-order valence-electron chi connectivity index (χ4n) is 2.53. The third-order valence-electron chi connectivity index (χ3n) is 3.59. The molecule has 1 aliphatic rings. The van der Waals surface area contributed by atoms with Gasteiger partial charge in [-0.1, -0.05) is 6.92 Å². The van der Waals surface area contributed by atoms with Crippen LogP contribution in [0.4, 0.5) is 0 Å². The van der Waals surface area contributed by atoms with E-state index in [2.05, 4.69) is 40.9 Å². The van der Waals surface area contributed by atoms with Crippen molar-refractivity contribution in [2.45, 2.75) is 45.3 Å². The van der Waals surface area contributed by atoms with Gasteiger partial charge in [0.2, 0.25) is 0 Å². The molecule has 16 heavy (non-hydrogen) atoms. The van der Waals surface area contributed by atoms with Crippen molar-refractivity contribution in [2.75, 3.05) is 13.1 Å². The largest absolute Gasteiger partial charge is 0.310 e. The van der Waals surface area contributed by atoms with Crippen LogP contribution in [-0.4, -0.2) is 30.1 Å². The molecule has 2 rings (SSSR count). The molecule has 1 saturated heterocycles. The van der Waals surface area contributed by atoms with Crippen LogP contribution in [0, 0.1) is 0 Å². The molecule has 90 valence electrons. The summed E-state index contributed by atoms with van der Waals surface area (Å²) in [4.78, 5) is 2.57. The molecule has 2 nitrogen and oxygen atoms in total. The number of nitrogens with zero attached hydrogens (tertiary/aromatic N) is 1. The van der Waals surface area contributed by atoms with E-state index in [9.17, 15) is 0 Å². The monoisotopic (exact) mass is 238 g/mol. The summed E-state index contributed by atoms with van der Waals surface area (Å²) in [5.41, 5.74) is 1.43. The van der Waals surface area contributed by atoms with E-state index in [-0.39, 0.29) is 0 Å². The second kappa shape index (κ2) is 5.80. The van der Waals surface area contributed by atoms with E-state index in [0.29, 0.717) is 6.04 Å². The first-order valence-corrected chi connectivity index (χ1v) is 7.22. The highest BCUT2D eigenvalue weighted by Crippen LogP contribution is 2.17. The van der Waals surface area contributed by atoms with Gasteiger partial charge in [-0.3, -0.25) is 0 Å². The van der Waals surface area contributed by atoms with Crippen LogP contribution >= 0.6 is 11.3 Å².